The molecule has 0 heterocycles. The van der Waals surface area contributed by atoms with Gasteiger partial charge in [0.05, 0.1) is 0 Å². The van der Waals surface area contributed by atoms with Gasteiger partial charge < -0.3 is 5.11 Å². The van der Waals surface area contributed by atoms with E-state index in [2.05, 4.69) is 11.9 Å². The molecule has 0 fully saturated rings. The Kier molecular flexibility index (Phi) is 9.64. The molecule has 0 aliphatic carbocycles. The van der Waals surface area contributed by atoms with E-state index in [1.165, 1.54) is 6.92 Å². The summed E-state index contributed by atoms with van der Waals surface area (Å²) >= 11 is 0. The second kappa shape index (κ2) is 7.91. The van der Waals surface area contributed by atoms with E-state index in [0.29, 0.717) is 0 Å². The van der Waals surface area contributed by atoms with Gasteiger partial charge in [-0.05, 0) is 13.3 Å². The zero-order chi connectivity index (χ0) is 7.98. The van der Waals surface area contributed by atoms with E-state index in [0.717, 1.165) is 18.7 Å². The first-order chi connectivity index (χ1) is 4.66. The topological polar surface area (TPSA) is 35.4 Å². The van der Waals surface area contributed by atoms with Crippen LogP contribution in [0.3, 0.4) is 0 Å². The molecule has 0 aliphatic heterocycles. The van der Waals surface area contributed by atoms with Crippen molar-refractivity contribution in [3.05, 3.63) is 11.8 Å². The van der Waals surface area contributed by atoms with Crippen LogP contribution in [0.15, 0.2) is 16.8 Å². The van der Waals surface area contributed by atoms with E-state index in [1.807, 2.05) is 6.92 Å². The normalized spacial score (nSPS) is 12.6. The predicted octanol–water partition coefficient (Wildman–Crippen LogP) is -1.87. The maximum absolute atomic E-state index is 10.5. The molecular weight excluding hydrogens is 133 g/mol. The van der Waals surface area contributed by atoms with Gasteiger partial charge in [-0.3, -0.25) is 4.99 Å². The van der Waals surface area contributed by atoms with E-state index in [9.17, 15) is 5.11 Å². The molecule has 0 unspecified atom stereocenters. The van der Waals surface area contributed by atoms with Gasteiger partial charge in [-0.25, -0.2) is 0 Å². The molecule has 0 saturated heterocycles. The Labute approximate surface area is 80.6 Å². The Morgan fingerprint density at radius 2 is 2.00 bits per heavy atom. The summed E-state index contributed by atoms with van der Waals surface area (Å²) in [6, 6.07) is 0. The number of hydrogen-bond donors (Lipinski definition) is 0. The van der Waals surface area contributed by atoms with Crippen LogP contribution in [0.2, 0.25) is 0 Å². The van der Waals surface area contributed by atoms with Crippen molar-refractivity contribution in [3.63, 3.8) is 0 Å². The van der Waals surface area contributed by atoms with E-state index in [4.69, 9.17) is 0 Å². The molecule has 0 saturated carbocycles. The third-order valence-electron chi connectivity index (χ3n) is 0.997. The number of hydrogen-bond acceptors (Lipinski definition) is 2. The second-order valence-corrected chi connectivity index (χ2v) is 2.28. The SMILES string of the molecule is CCCN=C(C)C=C(C)[O-].[Li+]. The van der Waals surface area contributed by atoms with Crippen molar-refractivity contribution in [2.24, 2.45) is 4.99 Å². The molecule has 0 amide bonds. The van der Waals surface area contributed by atoms with Gasteiger partial charge in [0.15, 0.2) is 0 Å². The Balaban J connectivity index is 0. The fourth-order valence-corrected chi connectivity index (χ4v) is 0.628. The molecule has 0 aliphatic rings. The fourth-order valence-electron chi connectivity index (χ4n) is 0.628. The fraction of sp³-hybridized carbons (Fsp3) is 0.625. The van der Waals surface area contributed by atoms with Crippen molar-refractivity contribution in [3.8, 4) is 0 Å². The van der Waals surface area contributed by atoms with Crippen molar-refractivity contribution >= 4 is 5.71 Å². The molecule has 0 aromatic rings. The molecule has 0 radical (unpaired) electrons. The molecule has 2 nitrogen and oxygen atoms in total. The van der Waals surface area contributed by atoms with Gasteiger partial charge in [0.25, 0.3) is 0 Å². The molecule has 58 valence electrons. The van der Waals surface area contributed by atoms with Gasteiger partial charge in [0.1, 0.15) is 0 Å². The van der Waals surface area contributed by atoms with E-state index in [-0.39, 0.29) is 24.6 Å². The van der Waals surface area contributed by atoms with E-state index in [1.54, 1.807) is 6.08 Å². The van der Waals surface area contributed by atoms with Crippen LogP contribution >= 0.6 is 0 Å². The minimum atomic E-state index is 0. The Hall–Kier alpha value is -0.193. The molecule has 0 atom stereocenters. The molecule has 0 aromatic heterocycles. The summed E-state index contributed by atoms with van der Waals surface area (Å²) in [5, 5.41) is 10.5. The third-order valence-corrected chi connectivity index (χ3v) is 0.997. The molecule has 0 bridgehead atoms. The first kappa shape index (κ1) is 13.4. The number of allylic oxidation sites excluding steroid dienone is 2. The molecule has 11 heavy (non-hydrogen) atoms. The van der Waals surface area contributed by atoms with Crippen molar-refractivity contribution in [2.45, 2.75) is 27.2 Å². The predicted molar refractivity (Wildman–Crippen MR) is 42.0 cm³/mol. The van der Waals surface area contributed by atoms with Crippen molar-refractivity contribution < 1.29 is 24.0 Å². The van der Waals surface area contributed by atoms with Crippen LogP contribution in [0.5, 0.6) is 0 Å². The minimum Gasteiger partial charge on any atom is -0.876 e. The summed E-state index contributed by atoms with van der Waals surface area (Å²) in [6.07, 6.45) is 2.58. The first-order valence-corrected chi connectivity index (χ1v) is 3.53. The number of aliphatic imine (C=N–C) groups is 1. The number of nitrogens with zero attached hydrogens (tertiary/aromatic N) is 1. The van der Waals surface area contributed by atoms with Crippen LogP contribution in [0.4, 0.5) is 0 Å². The average molecular weight is 147 g/mol. The van der Waals surface area contributed by atoms with Crippen LogP contribution < -0.4 is 24.0 Å². The largest absolute Gasteiger partial charge is 1.00 e. The van der Waals surface area contributed by atoms with Crippen LogP contribution in [0.25, 0.3) is 0 Å². The van der Waals surface area contributed by atoms with Gasteiger partial charge in [0, 0.05) is 12.3 Å². The third kappa shape index (κ3) is 9.81. The summed E-state index contributed by atoms with van der Waals surface area (Å²) in [4.78, 5) is 4.12. The van der Waals surface area contributed by atoms with Crippen molar-refractivity contribution in [1.82, 2.24) is 0 Å². The van der Waals surface area contributed by atoms with Crippen LogP contribution in [0.1, 0.15) is 27.2 Å². The maximum Gasteiger partial charge on any atom is 1.00 e. The maximum atomic E-state index is 10.5. The van der Waals surface area contributed by atoms with E-state index >= 15 is 0 Å². The Bertz CT molecular complexity index is 148. The smallest absolute Gasteiger partial charge is 0.876 e. The van der Waals surface area contributed by atoms with E-state index < -0.39 is 0 Å². The van der Waals surface area contributed by atoms with Gasteiger partial charge in [0.2, 0.25) is 0 Å². The van der Waals surface area contributed by atoms with Crippen LogP contribution in [0, 0.1) is 0 Å². The molecule has 0 rings (SSSR count). The summed E-state index contributed by atoms with van der Waals surface area (Å²) in [6.45, 7) is 6.25. The van der Waals surface area contributed by atoms with Crippen LogP contribution in [-0.4, -0.2) is 12.3 Å². The summed E-state index contributed by atoms with van der Waals surface area (Å²) < 4.78 is 0. The van der Waals surface area contributed by atoms with Crippen LogP contribution in [-0.2, 0) is 0 Å². The van der Waals surface area contributed by atoms with Gasteiger partial charge in [-0.2, -0.15) is 0 Å². The van der Waals surface area contributed by atoms with Gasteiger partial charge >= 0.3 is 18.9 Å². The average Bonchev–Trinajstić information content (AvgIpc) is 1.82. The molecule has 3 heteroatoms. The summed E-state index contributed by atoms with van der Waals surface area (Å²) in [5.74, 6) is 0.0670. The standard InChI is InChI=1S/C8H15NO.Li/c1-4-5-9-7(2)6-8(3)10;/h6,10H,4-5H2,1-3H3;/q;+1/p-1. The summed E-state index contributed by atoms with van der Waals surface area (Å²) in [7, 11) is 0. The molecule has 0 spiro atoms. The summed E-state index contributed by atoms with van der Waals surface area (Å²) in [5.41, 5.74) is 0.828. The zero-order valence-electron chi connectivity index (χ0n) is 7.85. The molecule has 0 aromatic carbocycles. The van der Waals surface area contributed by atoms with Gasteiger partial charge in [-0.15, -0.1) is 5.76 Å². The monoisotopic (exact) mass is 147 g/mol. The Morgan fingerprint density at radius 1 is 1.45 bits per heavy atom. The molecular formula is C8H14LiNO. The zero-order valence-corrected chi connectivity index (χ0v) is 7.85. The quantitative estimate of drug-likeness (QED) is 0.261. The Morgan fingerprint density at radius 3 is 2.36 bits per heavy atom. The second-order valence-electron chi connectivity index (χ2n) is 2.28. The number of rotatable bonds is 3. The molecule has 0 N–H and O–H groups in total. The van der Waals surface area contributed by atoms with Gasteiger partial charge in [-0.1, -0.05) is 19.9 Å². The van der Waals surface area contributed by atoms with Crippen molar-refractivity contribution in [1.29, 1.82) is 0 Å². The van der Waals surface area contributed by atoms with Crippen molar-refractivity contribution in [2.75, 3.05) is 6.54 Å². The minimum absolute atomic E-state index is 0. The first-order valence-electron chi connectivity index (χ1n) is 3.53.